The second kappa shape index (κ2) is 12.0. The molecule has 1 aliphatic rings. The Morgan fingerprint density at radius 2 is 1.73 bits per heavy atom. The molecule has 6 nitrogen and oxygen atoms in total. The Kier molecular flexibility index (Phi) is 8.72. The van der Waals surface area contributed by atoms with Gasteiger partial charge in [-0.05, 0) is 30.4 Å². The third-order valence-corrected chi connectivity index (χ3v) is 5.07. The summed E-state index contributed by atoms with van der Waals surface area (Å²) in [5.41, 5.74) is 2.04. The Morgan fingerprint density at radius 1 is 1.03 bits per heavy atom. The summed E-state index contributed by atoms with van der Waals surface area (Å²) in [6.45, 7) is 2.59. The number of alkyl carbamates (subject to hydrolysis) is 1. The molecule has 0 aliphatic carbocycles. The zero-order valence-corrected chi connectivity index (χ0v) is 17.3. The van der Waals surface area contributed by atoms with Crippen molar-refractivity contribution in [2.24, 2.45) is 0 Å². The molecule has 1 N–H and O–H groups in total. The first kappa shape index (κ1) is 21.8. The molecule has 1 fully saturated rings. The molecule has 2 aromatic carbocycles. The van der Waals surface area contributed by atoms with Crippen LogP contribution in [-0.2, 0) is 27.4 Å². The predicted octanol–water partition coefficient (Wildman–Crippen LogP) is 3.90. The summed E-state index contributed by atoms with van der Waals surface area (Å²) in [6.07, 6.45) is 2.63. The highest BCUT2D eigenvalue weighted by Gasteiger charge is 2.22. The second-order valence-electron chi connectivity index (χ2n) is 7.49. The Hall–Kier alpha value is -2.86. The summed E-state index contributed by atoms with van der Waals surface area (Å²) in [5, 5.41) is 2.71. The molecule has 2 amide bonds. The molecule has 1 aliphatic heterocycles. The minimum Gasteiger partial charge on any atom is -0.445 e. The van der Waals surface area contributed by atoms with Gasteiger partial charge in [-0.1, -0.05) is 60.7 Å². The number of hydrogen-bond acceptors (Lipinski definition) is 4. The number of amides is 2. The fourth-order valence-electron chi connectivity index (χ4n) is 3.45. The average molecular weight is 411 g/mol. The van der Waals surface area contributed by atoms with Crippen molar-refractivity contribution < 1.29 is 19.1 Å². The standard InChI is InChI=1S/C24H30N2O4/c27-23(14-7-15-25-24(28)30-19-21-11-5-2-6-12-21)26(18-22-13-8-16-29-22)17-20-9-3-1-4-10-20/h1-6,9-12,22H,7-8,13-19H2,(H,25,28). The van der Waals surface area contributed by atoms with Gasteiger partial charge < -0.3 is 19.7 Å². The van der Waals surface area contributed by atoms with Gasteiger partial charge in [-0.15, -0.1) is 0 Å². The van der Waals surface area contributed by atoms with Gasteiger partial charge in [0.05, 0.1) is 6.10 Å². The van der Waals surface area contributed by atoms with Gasteiger partial charge in [0.2, 0.25) is 5.91 Å². The van der Waals surface area contributed by atoms with E-state index in [1.54, 1.807) is 0 Å². The first-order chi connectivity index (χ1) is 14.7. The van der Waals surface area contributed by atoms with E-state index in [2.05, 4.69) is 5.32 Å². The molecule has 1 saturated heterocycles. The fourth-order valence-corrected chi connectivity index (χ4v) is 3.45. The summed E-state index contributed by atoms with van der Waals surface area (Å²) in [7, 11) is 0. The maximum absolute atomic E-state index is 12.8. The first-order valence-electron chi connectivity index (χ1n) is 10.6. The molecule has 2 aromatic rings. The van der Waals surface area contributed by atoms with Gasteiger partial charge in [0, 0.05) is 32.7 Å². The van der Waals surface area contributed by atoms with E-state index in [9.17, 15) is 9.59 Å². The van der Waals surface area contributed by atoms with Crippen molar-refractivity contribution in [3.05, 3.63) is 71.8 Å². The molecule has 3 rings (SSSR count). The van der Waals surface area contributed by atoms with E-state index in [0.29, 0.717) is 32.5 Å². The van der Waals surface area contributed by atoms with Crippen LogP contribution in [0.15, 0.2) is 60.7 Å². The van der Waals surface area contributed by atoms with E-state index in [4.69, 9.17) is 9.47 Å². The summed E-state index contributed by atoms with van der Waals surface area (Å²) in [6, 6.07) is 19.5. The number of carbonyl (C=O) groups is 2. The van der Waals surface area contributed by atoms with E-state index >= 15 is 0 Å². The lowest BCUT2D eigenvalue weighted by atomic mass is 10.1. The summed E-state index contributed by atoms with van der Waals surface area (Å²) >= 11 is 0. The van der Waals surface area contributed by atoms with Crippen molar-refractivity contribution in [3.8, 4) is 0 Å². The zero-order valence-electron chi connectivity index (χ0n) is 17.3. The molecule has 1 heterocycles. The molecule has 30 heavy (non-hydrogen) atoms. The van der Waals surface area contributed by atoms with Crippen LogP contribution in [0.25, 0.3) is 0 Å². The van der Waals surface area contributed by atoms with Crippen LogP contribution in [0.3, 0.4) is 0 Å². The summed E-state index contributed by atoms with van der Waals surface area (Å²) in [4.78, 5) is 26.5. The van der Waals surface area contributed by atoms with Crippen molar-refractivity contribution in [2.75, 3.05) is 19.7 Å². The lowest BCUT2D eigenvalue weighted by Gasteiger charge is -2.26. The number of hydrogen-bond donors (Lipinski definition) is 1. The number of benzene rings is 2. The fraction of sp³-hybridized carbons (Fsp3) is 0.417. The highest BCUT2D eigenvalue weighted by atomic mass is 16.5. The monoisotopic (exact) mass is 410 g/mol. The van der Waals surface area contributed by atoms with Crippen molar-refractivity contribution in [1.29, 1.82) is 0 Å². The minimum atomic E-state index is -0.466. The molecule has 0 saturated carbocycles. The smallest absolute Gasteiger partial charge is 0.407 e. The lowest BCUT2D eigenvalue weighted by molar-refractivity contribution is -0.133. The summed E-state index contributed by atoms with van der Waals surface area (Å²) in [5.74, 6) is 0.0776. The largest absolute Gasteiger partial charge is 0.445 e. The van der Waals surface area contributed by atoms with Crippen LogP contribution in [0.4, 0.5) is 4.79 Å². The van der Waals surface area contributed by atoms with Crippen LogP contribution in [-0.4, -0.2) is 42.7 Å². The topological polar surface area (TPSA) is 67.9 Å². The van der Waals surface area contributed by atoms with Crippen LogP contribution in [0.2, 0.25) is 0 Å². The van der Waals surface area contributed by atoms with Gasteiger partial charge in [-0.2, -0.15) is 0 Å². The molecular weight excluding hydrogens is 380 g/mol. The summed E-state index contributed by atoms with van der Waals surface area (Å²) < 4.78 is 10.9. The van der Waals surface area contributed by atoms with E-state index in [1.165, 1.54) is 0 Å². The van der Waals surface area contributed by atoms with Gasteiger partial charge in [0.25, 0.3) is 0 Å². The first-order valence-corrected chi connectivity index (χ1v) is 10.6. The normalized spacial score (nSPS) is 15.5. The maximum Gasteiger partial charge on any atom is 0.407 e. The third kappa shape index (κ3) is 7.52. The molecular formula is C24H30N2O4. The van der Waals surface area contributed by atoms with E-state index in [0.717, 1.165) is 30.6 Å². The van der Waals surface area contributed by atoms with Crippen molar-refractivity contribution in [1.82, 2.24) is 10.2 Å². The highest BCUT2D eigenvalue weighted by molar-refractivity contribution is 5.76. The molecule has 0 radical (unpaired) electrons. The SMILES string of the molecule is O=C(NCCCC(=O)N(Cc1ccccc1)CC1CCCO1)OCc1ccccc1. The second-order valence-corrected chi connectivity index (χ2v) is 7.49. The van der Waals surface area contributed by atoms with Crippen LogP contribution < -0.4 is 5.32 Å². The quantitative estimate of drug-likeness (QED) is 0.603. The van der Waals surface area contributed by atoms with E-state index in [1.807, 2.05) is 65.6 Å². The Balaban J connectivity index is 1.40. The molecule has 0 bridgehead atoms. The number of nitrogens with one attached hydrogen (secondary N) is 1. The number of nitrogens with zero attached hydrogens (tertiary/aromatic N) is 1. The van der Waals surface area contributed by atoms with E-state index in [-0.39, 0.29) is 18.6 Å². The van der Waals surface area contributed by atoms with Gasteiger partial charge in [-0.3, -0.25) is 4.79 Å². The Labute approximate surface area is 178 Å². The average Bonchev–Trinajstić information content (AvgIpc) is 3.29. The molecule has 0 aromatic heterocycles. The van der Waals surface area contributed by atoms with Crippen molar-refractivity contribution >= 4 is 12.0 Å². The van der Waals surface area contributed by atoms with Crippen LogP contribution in [0, 0.1) is 0 Å². The molecule has 0 spiro atoms. The maximum atomic E-state index is 12.8. The molecule has 1 atom stereocenters. The van der Waals surface area contributed by atoms with Crippen LogP contribution in [0.1, 0.15) is 36.8 Å². The number of ether oxygens (including phenoxy) is 2. The molecule has 1 unspecified atom stereocenters. The Bertz CT molecular complexity index is 776. The van der Waals surface area contributed by atoms with Crippen molar-refractivity contribution in [3.63, 3.8) is 0 Å². The number of carbonyl (C=O) groups excluding carboxylic acids is 2. The zero-order chi connectivity index (χ0) is 21.0. The van der Waals surface area contributed by atoms with E-state index < -0.39 is 6.09 Å². The van der Waals surface area contributed by atoms with Gasteiger partial charge in [0.1, 0.15) is 6.61 Å². The van der Waals surface area contributed by atoms with Gasteiger partial charge in [-0.25, -0.2) is 4.79 Å². The minimum absolute atomic E-state index is 0.0776. The highest BCUT2D eigenvalue weighted by Crippen LogP contribution is 2.16. The van der Waals surface area contributed by atoms with Crippen molar-refractivity contribution in [2.45, 2.75) is 44.9 Å². The van der Waals surface area contributed by atoms with Crippen LogP contribution >= 0.6 is 0 Å². The Morgan fingerprint density at radius 3 is 2.40 bits per heavy atom. The predicted molar refractivity (Wildman–Crippen MR) is 115 cm³/mol. The van der Waals surface area contributed by atoms with Gasteiger partial charge >= 0.3 is 6.09 Å². The lowest BCUT2D eigenvalue weighted by Crippen LogP contribution is -2.37. The van der Waals surface area contributed by atoms with Gasteiger partial charge in [0.15, 0.2) is 0 Å². The number of rotatable bonds is 10. The third-order valence-electron chi connectivity index (χ3n) is 5.07. The van der Waals surface area contributed by atoms with Crippen LogP contribution in [0.5, 0.6) is 0 Å². The molecule has 160 valence electrons. The molecule has 6 heteroatoms.